The fraction of sp³-hybridized carbons (Fsp3) is 0.571. The Hall–Kier alpha value is -1.26. The molecule has 98 valence electrons. The standard InChI is InChI=1S/C14H19NO3/c1-17-10-5-4-6-11-12(10)13(16)14(9-18-11)7-2-3-8-15-14/h4-6,13,15-16H,2-3,7-9H2,1H3/t13-,14-/m1/s1. The Morgan fingerprint density at radius 2 is 2.33 bits per heavy atom. The summed E-state index contributed by atoms with van der Waals surface area (Å²) in [6, 6.07) is 5.64. The van der Waals surface area contributed by atoms with E-state index in [9.17, 15) is 5.11 Å². The van der Waals surface area contributed by atoms with Crippen LogP contribution in [-0.4, -0.2) is 30.9 Å². The topological polar surface area (TPSA) is 50.7 Å². The minimum absolute atomic E-state index is 0.347. The predicted molar refractivity (Wildman–Crippen MR) is 68.0 cm³/mol. The SMILES string of the molecule is COc1cccc2c1[C@@H](O)[C@@]1(CCCCN1)CO2. The molecule has 0 saturated carbocycles. The number of benzene rings is 1. The molecule has 4 nitrogen and oxygen atoms in total. The van der Waals surface area contributed by atoms with Crippen LogP contribution in [0.3, 0.4) is 0 Å². The highest BCUT2D eigenvalue weighted by molar-refractivity contribution is 5.49. The molecule has 1 spiro atoms. The molecule has 18 heavy (non-hydrogen) atoms. The van der Waals surface area contributed by atoms with Gasteiger partial charge in [0.2, 0.25) is 0 Å². The Bertz CT molecular complexity index is 426. The minimum atomic E-state index is -0.572. The van der Waals surface area contributed by atoms with Gasteiger partial charge in [0.15, 0.2) is 0 Å². The van der Waals surface area contributed by atoms with Gasteiger partial charge < -0.3 is 19.9 Å². The Kier molecular flexibility index (Phi) is 2.92. The summed E-state index contributed by atoms with van der Waals surface area (Å²) < 4.78 is 11.2. The van der Waals surface area contributed by atoms with Gasteiger partial charge in [0.1, 0.15) is 24.2 Å². The number of fused-ring (bicyclic) bond motifs is 1. The lowest BCUT2D eigenvalue weighted by atomic mass is 9.79. The van der Waals surface area contributed by atoms with Crippen LogP contribution < -0.4 is 14.8 Å². The minimum Gasteiger partial charge on any atom is -0.496 e. The third-order valence-electron chi connectivity index (χ3n) is 4.05. The third kappa shape index (κ3) is 1.68. The van der Waals surface area contributed by atoms with Crippen molar-refractivity contribution in [1.82, 2.24) is 5.32 Å². The highest BCUT2D eigenvalue weighted by atomic mass is 16.5. The number of hydrogen-bond donors (Lipinski definition) is 2. The smallest absolute Gasteiger partial charge is 0.129 e. The van der Waals surface area contributed by atoms with Crippen molar-refractivity contribution in [3.05, 3.63) is 23.8 Å². The summed E-state index contributed by atoms with van der Waals surface area (Å²) in [6.07, 6.45) is 2.65. The summed E-state index contributed by atoms with van der Waals surface area (Å²) in [5.41, 5.74) is 0.431. The van der Waals surface area contributed by atoms with E-state index in [1.54, 1.807) is 7.11 Å². The molecule has 3 rings (SSSR count). The van der Waals surface area contributed by atoms with Crippen molar-refractivity contribution in [2.24, 2.45) is 0 Å². The molecule has 2 aliphatic rings. The Labute approximate surface area is 107 Å². The zero-order valence-corrected chi connectivity index (χ0v) is 10.6. The molecule has 0 aliphatic carbocycles. The van der Waals surface area contributed by atoms with E-state index in [4.69, 9.17) is 9.47 Å². The normalized spacial score (nSPS) is 30.7. The van der Waals surface area contributed by atoms with Crippen LogP contribution in [0.15, 0.2) is 18.2 Å². The molecule has 1 aromatic rings. The molecule has 2 aliphatic heterocycles. The molecule has 2 atom stereocenters. The molecular formula is C14H19NO3. The van der Waals surface area contributed by atoms with Crippen LogP contribution in [-0.2, 0) is 0 Å². The Morgan fingerprint density at radius 1 is 1.44 bits per heavy atom. The maximum Gasteiger partial charge on any atom is 0.129 e. The summed E-state index contributed by atoms with van der Waals surface area (Å²) in [5.74, 6) is 1.44. The van der Waals surface area contributed by atoms with Crippen molar-refractivity contribution < 1.29 is 14.6 Å². The van der Waals surface area contributed by atoms with Crippen LogP contribution in [0.4, 0.5) is 0 Å². The summed E-state index contributed by atoms with van der Waals surface area (Å²) in [5, 5.41) is 14.2. The molecule has 0 unspecified atom stereocenters. The molecule has 2 N–H and O–H groups in total. The van der Waals surface area contributed by atoms with Crippen LogP contribution in [0, 0.1) is 0 Å². The maximum atomic E-state index is 10.7. The lowest BCUT2D eigenvalue weighted by Gasteiger charge is -2.45. The number of piperidine rings is 1. The molecular weight excluding hydrogens is 230 g/mol. The van der Waals surface area contributed by atoms with E-state index in [1.165, 1.54) is 0 Å². The van der Waals surface area contributed by atoms with E-state index < -0.39 is 6.10 Å². The fourth-order valence-corrected chi connectivity index (χ4v) is 3.01. The van der Waals surface area contributed by atoms with E-state index in [-0.39, 0.29) is 5.54 Å². The van der Waals surface area contributed by atoms with Gasteiger partial charge >= 0.3 is 0 Å². The van der Waals surface area contributed by atoms with Crippen LogP contribution in [0.25, 0.3) is 0 Å². The molecule has 1 saturated heterocycles. The van der Waals surface area contributed by atoms with Gasteiger partial charge in [-0.25, -0.2) is 0 Å². The van der Waals surface area contributed by atoms with E-state index in [0.717, 1.165) is 37.1 Å². The lowest BCUT2D eigenvalue weighted by Crippen LogP contribution is -2.58. The summed E-state index contributed by atoms with van der Waals surface area (Å²) in [6.45, 7) is 1.46. The van der Waals surface area contributed by atoms with E-state index in [2.05, 4.69) is 5.32 Å². The molecule has 0 bridgehead atoms. The van der Waals surface area contributed by atoms with E-state index in [0.29, 0.717) is 12.4 Å². The quantitative estimate of drug-likeness (QED) is 0.794. The Balaban J connectivity index is 2.02. The summed E-state index contributed by atoms with van der Waals surface area (Å²) in [4.78, 5) is 0. The molecule has 0 radical (unpaired) electrons. The second-order valence-corrected chi connectivity index (χ2v) is 5.10. The zero-order valence-electron chi connectivity index (χ0n) is 10.6. The van der Waals surface area contributed by atoms with Gasteiger partial charge in [0.25, 0.3) is 0 Å². The lowest BCUT2D eigenvalue weighted by molar-refractivity contribution is -0.0126. The van der Waals surface area contributed by atoms with Gasteiger partial charge in [-0.05, 0) is 31.5 Å². The van der Waals surface area contributed by atoms with Crippen LogP contribution in [0.5, 0.6) is 11.5 Å². The number of aliphatic hydroxyl groups is 1. The second-order valence-electron chi connectivity index (χ2n) is 5.10. The van der Waals surface area contributed by atoms with Gasteiger partial charge in [-0.15, -0.1) is 0 Å². The predicted octanol–water partition coefficient (Wildman–Crippen LogP) is 1.63. The average Bonchev–Trinajstić information content (AvgIpc) is 2.44. The highest BCUT2D eigenvalue weighted by Crippen LogP contribution is 2.45. The molecule has 1 aromatic carbocycles. The fourth-order valence-electron chi connectivity index (χ4n) is 3.01. The number of aliphatic hydroxyl groups excluding tert-OH is 1. The molecule has 4 heteroatoms. The monoisotopic (exact) mass is 249 g/mol. The summed E-state index contributed by atoms with van der Waals surface area (Å²) >= 11 is 0. The molecule has 0 amide bonds. The Morgan fingerprint density at radius 3 is 3.06 bits per heavy atom. The van der Waals surface area contributed by atoms with Crippen molar-refractivity contribution in [3.8, 4) is 11.5 Å². The van der Waals surface area contributed by atoms with E-state index in [1.807, 2.05) is 18.2 Å². The highest BCUT2D eigenvalue weighted by Gasteiger charge is 2.45. The van der Waals surface area contributed by atoms with E-state index >= 15 is 0 Å². The maximum absolute atomic E-state index is 10.7. The van der Waals surface area contributed by atoms with Crippen LogP contribution >= 0.6 is 0 Å². The van der Waals surface area contributed by atoms with Crippen LogP contribution in [0.1, 0.15) is 30.9 Å². The van der Waals surface area contributed by atoms with Crippen molar-refractivity contribution in [2.75, 3.05) is 20.3 Å². The number of nitrogens with one attached hydrogen (secondary N) is 1. The third-order valence-corrected chi connectivity index (χ3v) is 4.05. The first-order valence-corrected chi connectivity index (χ1v) is 6.50. The van der Waals surface area contributed by atoms with Crippen molar-refractivity contribution >= 4 is 0 Å². The molecule has 1 fully saturated rings. The molecule has 2 heterocycles. The number of rotatable bonds is 1. The number of ether oxygens (including phenoxy) is 2. The van der Waals surface area contributed by atoms with Crippen molar-refractivity contribution in [2.45, 2.75) is 30.9 Å². The van der Waals surface area contributed by atoms with Gasteiger partial charge in [0, 0.05) is 0 Å². The first-order valence-electron chi connectivity index (χ1n) is 6.50. The largest absolute Gasteiger partial charge is 0.496 e. The van der Waals surface area contributed by atoms with Gasteiger partial charge in [-0.3, -0.25) is 0 Å². The average molecular weight is 249 g/mol. The number of methoxy groups -OCH3 is 1. The van der Waals surface area contributed by atoms with Gasteiger partial charge in [-0.2, -0.15) is 0 Å². The first kappa shape index (κ1) is 11.8. The second kappa shape index (κ2) is 4.44. The first-order chi connectivity index (χ1) is 8.77. The van der Waals surface area contributed by atoms with Crippen molar-refractivity contribution in [1.29, 1.82) is 0 Å². The number of hydrogen-bond acceptors (Lipinski definition) is 4. The zero-order chi connectivity index (χ0) is 12.6. The van der Waals surface area contributed by atoms with Crippen LogP contribution in [0.2, 0.25) is 0 Å². The van der Waals surface area contributed by atoms with Crippen molar-refractivity contribution in [3.63, 3.8) is 0 Å². The molecule has 0 aromatic heterocycles. The van der Waals surface area contributed by atoms with Gasteiger partial charge in [0.05, 0.1) is 18.2 Å². The summed E-state index contributed by atoms with van der Waals surface area (Å²) in [7, 11) is 1.62. The van der Waals surface area contributed by atoms with Gasteiger partial charge in [-0.1, -0.05) is 12.5 Å².